The van der Waals surface area contributed by atoms with Gasteiger partial charge in [-0.15, -0.1) is 0 Å². The zero-order valence-corrected chi connectivity index (χ0v) is 6.30. The second kappa shape index (κ2) is 2.89. The van der Waals surface area contributed by atoms with Crippen molar-refractivity contribution < 1.29 is 0 Å². The summed E-state index contributed by atoms with van der Waals surface area (Å²) in [5.74, 6) is 0.657. The van der Waals surface area contributed by atoms with Crippen molar-refractivity contribution in [3.05, 3.63) is 22.7 Å². The molecule has 3 nitrogen and oxygen atoms in total. The average Bonchev–Trinajstić information content (AvgIpc) is 1.88. The van der Waals surface area contributed by atoms with Gasteiger partial charge in [0.05, 0.1) is 6.54 Å². The molecule has 0 aliphatic carbocycles. The van der Waals surface area contributed by atoms with Crippen molar-refractivity contribution in [2.75, 3.05) is 0 Å². The number of hydrogen-bond donors (Lipinski definition) is 1. The molecule has 0 fully saturated rings. The first kappa shape index (κ1) is 6.64. The first-order valence-electron chi connectivity index (χ1n) is 2.50. The van der Waals surface area contributed by atoms with Crippen molar-refractivity contribution in [1.82, 2.24) is 9.97 Å². The fourth-order valence-corrected chi connectivity index (χ4v) is 0.795. The maximum Gasteiger partial charge on any atom is 0.143 e. The summed E-state index contributed by atoms with van der Waals surface area (Å²) in [5.41, 5.74) is 5.27. The fourth-order valence-electron chi connectivity index (χ4n) is 0.473. The maximum atomic E-state index is 5.27. The molecular weight excluding hydrogens is 182 g/mol. The third-order valence-electron chi connectivity index (χ3n) is 0.854. The minimum absolute atomic E-state index is 0.388. The highest BCUT2D eigenvalue weighted by molar-refractivity contribution is 9.10. The second-order valence-electron chi connectivity index (χ2n) is 1.50. The highest BCUT2D eigenvalue weighted by Crippen LogP contribution is 2.02. The largest absolute Gasteiger partial charge is 0.324 e. The molecule has 1 heterocycles. The van der Waals surface area contributed by atoms with Crippen molar-refractivity contribution in [3.63, 3.8) is 0 Å². The number of halogens is 1. The Bertz CT molecular complexity index is 201. The SMILES string of the molecule is NCc1nccc(Br)n1. The summed E-state index contributed by atoms with van der Waals surface area (Å²) in [6.07, 6.45) is 1.67. The Morgan fingerprint density at radius 2 is 2.44 bits per heavy atom. The fraction of sp³-hybridized carbons (Fsp3) is 0.200. The molecule has 48 valence electrons. The summed E-state index contributed by atoms with van der Waals surface area (Å²) < 4.78 is 0.776. The van der Waals surface area contributed by atoms with E-state index in [1.54, 1.807) is 12.3 Å². The third kappa shape index (κ3) is 1.73. The van der Waals surface area contributed by atoms with Crippen LogP contribution in [0.2, 0.25) is 0 Å². The minimum atomic E-state index is 0.388. The summed E-state index contributed by atoms with van der Waals surface area (Å²) in [5, 5.41) is 0. The van der Waals surface area contributed by atoms with Crippen molar-refractivity contribution in [3.8, 4) is 0 Å². The average molecular weight is 188 g/mol. The van der Waals surface area contributed by atoms with E-state index in [9.17, 15) is 0 Å². The highest BCUT2D eigenvalue weighted by atomic mass is 79.9. The third-order valence-corrected chi connectivity index (χ3v) is 1.30. The van der Waals surface area contributed by atoms with Crippen LogP contribution in [0.25, 0.3) is 0 Å². The van der Waals surface area contributed by atoms with Gasteiger partial charge in [-0.1, -0.05) is 0 Å². The molecule has 0 atom stereocenters. The normalized spacial score (nSPS) is 9.56. The molecule has 4 heteroatoms. The van der Waals surface area contributed by atoms with Crippen LogP contribution in [-0.4, -0.2) is 9.97 Å². The summed E-state index contributed by atoms with van der Waals surface area (Å²) in [6, 6.07) is 1.76. The minimum Gasteiger partial charge on any atom is -0.324 e. The van der Waals surface area contributed by atoms with E-state index in [1.807, 2.05) is 0 Å². The Labute approximate surface area is 61.4 Å². The van der Waals surface area contributed by atoms with Gasteiger partial charge in [-0.2, -0.15) is 0 Å². The molecule has 9 heavy (non-hydrogen) atoms. The summed E-state index contributed by atoms with van der Waals surface area (Å²) in [4.78, 5) is 7.86. The summed E-state index contributed by atoms with van der Waals surface area (Å²) in [7, 11) is 0. The Balaban J connectivity index is 2.94. The maximum absolute atomic E-state index is 5.27. The zero-order chi connectivity index (χ0) is 6.69. The van der Waals surface area contributed by atoms with E-state index < -0.39 is 0 Å². The number of nitrogens with two attached hydrogens (primary N) is 1. The molecule has 0 bridgehead atoms. The monoisotopic (exact) mass is 187 g/mol. The zero-order valence-electron chi connectivity index (χ0n) is 4.71. The summed E-state index contributed by atoms with van der Waals surface area (Å²) >= 11 is 3.20. The molecule has 0 unspecified atom stereocenters. The van der Waals surface area contributed by atoms with E-state index in [1.165, 1.54) is 0 Å². The number of hydrogen-bond acceptors (Lipinski definition) is 3. The smallest absolute Gasteiger partial charge is 0.143 e. The molecule has 1 aromatic heterocycles. The van der Waals surface area contributed by atoms with Crippen LogP contribution in [0.3, 0.4) is 0 Å². The molecule has 0 spiro atoms. The molecular formula is C5H6BrN3. The van der Waals surface area contributed by atoms with Gasteiger partial charge in [-0.3, -0.25) is 0 Å². The van der Waals surface area contributed by atoms with Gasteiger partial charge in [-0.25, -0.2) is 9.97 Å². The number of nitrogens with zero attached hydrogens (tertiary/aromatic N) is 2. The van der Waals surface area contributed by atoms with E-state index in [2.05, 4.69) is 25.9 Å². The molecule has 0 amide bonds. The number of aromatic nitrogens is 2. The van der Waals surface area contributed by atoms with Crippen LogP contribution in [-0.2, 0) is 6.54 Å². The first-order valence-corrected chi connectivity index (χ1v) is 3.29. The molecule has 2 N–H and O–H groups in total. The number of rotatable bonds is 1. The van der Waals surface area contributed by atoms with Crippen LogP contribution < -0.4 is 5.73 Å². The molecule has 1 rings (SSSR count). The predicted molar refractivity (Wildman–Crippen MR) is 37.6 cm³/mol. The molecule has 0 saturated carbocycles. The van der Waals surface area contributed by atoms with E-state index in [0.717, 1.165) is 4.60 Å². The Hall–Kier alpha value is -0.480. The van der Waals surface area contributed by atoms with Gasteiger partial charge < -0.3 is 5.73 Å². The van der Waals surface area contributed by atoms with Crippen LogP contribution in [0, 0.1) is 0 Å². The molecule has 0 radical (unpaired) electrons. The second-order valence-corrected chi connectivity index (χ2v) is 2.31. The van der Waals surface area contributed by atoms with Crippen LogP contribution in [0.15, 0.2) is 16.9 Å². The van der Waals surface area contributed by atoms with Gasteiger partial charge in [0, 0.05) is 6.20 Å². The standard InChI is InChI=1S/C5H6BrN3/c6-4-1-2-8-5(3-7)9-4/h1-2H,3,7H2. The lowest BCUT2D eigenvalue weighted by atomic mass is 10.6. The lowest BCUT2D eigenvalue weighted by Crippen LogP contribution is -2.01. The van der Waals surface area contributed by atoms with Crippen LogP contribution in [0.5, 0.6) is 0 Å². The van der Waals surface area contributed by atoms with Crippen LogP contribution in [0.1, 0.15) is 5.82 Å². The van der Waals surface area contributed by atoms with Gasteiger partial charge >= 0.3 is 0 Å². The van der Waals surface area contributed by atoms with Crippen molar-refractivity contribution in [2.24, 2.45) is 5.73 Å². The first-order chi connectivity index (χ1) is 4.33. The Morgan fingerprint density at radius 1 is 1.67 bits per heavy atom. The van der Waals surface area contributed by atoms with Gasteiger partial charge in [0.1, 0.15) is 10.4 Å². The van der Waals surface area contributed by atoms with Gasteiger partial charge in [-0.05, 0) is 22.0 Å². The van der Waals surface area contributed by atoms with Gasteiger partial charge in [0.15, 0.2) is 0 Å². The lowest BCUT2D eigenvalue weighted by Gasteiger charge is -1.92. The van der Waals surface area contributed by atoms with E-state index in [-0.39, 0.29) is 0 Å². The Kier molecular flexibility index (Phi) is 2.13. The predicted octanol–water partition coefficient (Wildman–Crippen LogP) is 0.698. The topological polar surface area (TPSA) is 51.8 Å². The van der Waals surface area contributed by atoms with Crippen molar-refractivity contribution in [2.45, 2.75) is 6.54 Å². The molecule has 0 aromatic carbocycles. The van der Waals surface area contributed by atoms with Crippen molar-refractivity contribution in [1.29, 1.82) is 0 Å². The molecule has 0 aliphatic heterocycles. The molecule has 1 aromatic rings. The van der Waals surface area contributed by atoms with Crippen LogP contribution in [0.4, 0.5) is 0 Å². The van der Waals surface area contributed by atoms with E-state index in [0.29, 0.717) is 12.4 Å². The van der Waals surface area contributed by atoms with Gasteiger partial charge in [0.2, 0.25) is 0 Å². The lowest BCUT2D eigenvalue weighted by molar-refractivity contribution is 0.899. The Morgan fingerprint density at radius 3 is 2.89 bits per heavy atom. The van der Waals surface area contributed by atoms with Gasteiger partial charge in [0.25, 0.3) is 0 Å². The molecule has 0 aliphatic rings. The van der Waals surface area contributed by atoms with E-state index in [4.69, 9.17) is 5.73 Å². The van der Waals surface area contributed by atoms with E-state index >= 15 is 0 Å². The quantitative estimate of drug-likeness (QED) is 0.660. The molecule has 0 saturated heterocycles. The van der Waals surface area contributed by atoms with Crippen molar-refractivity contribution >= 4 is 15.9 Å². The highest BCUT2D eigenvalue weighted by Gasteiger charge is 1.90. The van der Waals surface area contributed by atoms with Crippen LogP contribution >= 0.6 is 15.9 Å². The summed E-state index contributed by atoms with van der Waals surface area (Å²) in [6.45, 7) is 0.388.